The Morgan fingerprint density at radius 1 is 2.12 bits per heavy atom. The highest BCUT2D eigenvalue weighted by atomic mass is 16.2. The topological polar surface area (TPSA) is 58.7 Å². The summed E-state index contributed by atoms with van der Waals surface area (Å²) in [4.78, 5) is 14.6. The molecule has 0 spiro atoms. The molecule has 0 aromatic carbocycles. The number of nitrogens with two attached hydrogens (primary N) is 1. The van der Waals surface area contributed by atoms with Gasteiger partial charge in [-0.3, -0.25) is 4.79 Å². The number of carbonyl (C=O) groups is 1. The van der Waals surface area contributed by atoms with Gasteiger partial charge in [0.1, 0.15) is 6.54 Å². The minimum Gasteiger partial charge on any atom is -0.369 e. The molecule has 1 aliphatic rings. The van der Waals surface area contributed by atoms with Crippen LogP contribution in [0.15, 0.2) is 4.99 Å². The Hall–Kier alpha value is -1.06. The fraction of sp³-hybridized carbons (Fsp3) is 0.500. The molecule has 0 radical (unpaired) electrons. The maximum Gasteiger partial charge on any atom is 0.268 e. The lowest BCUT2D eigenvalue weighted by atomic mass is 11.0. The molecule has 1 heterocycles. The Bertz CT molecular complexity index is 221. The van der Waals surface area contributed by atoms with E-state index in [0.29, 0.717) is 0 Å². The van der Waals surface area contributed by atoms with Gasteiger partial charge in [-0.2, -0.15) is 4.99 Å². The summed E-state index contributed by atoms with van der Waals surface area (Å²) in [6, 6.07) is 0. The van der Waals surface area contributed by atoms with Gasteiger partial charge in [0.2, 0.25) is 0 Å². The van der Waals surface area contributed by atoms with Gasteiger partial charge in [-0.25, -0.2) is 0 Å². The number of guanidine groups is 1. The zero-order valence-corrected chi connectivity index (χ0v) is 4.09. The first-order chi connectivity index (χ1) is 4.91. The van der Waals surface area contributed by atoms with Crippen molar-refractivity contribution in [2.75, 3.05) is 13.5 Å². The largest absolute Gasteiger partial charge is 0.369 e. The van der Waals surface area contributed by atoms with Gasteiger partial charge in [0, 0.05) is 11.1 Å². The van der Waals surface area contributed by atoms with Crippen molar-refractivity contribution < 1.29 is 8.91 Å². The smallest absolute Gasteiger partial charge is 0.268 e. The minimum atomic E-state index is -2.36. The third-order valence-corrected chi connectivity index (χ3v) is 0.809. The number of likely N-dealkylation sites (N-methyl/N-ethyl adjacent to an activating group) is 1. The van der Waals surface area contributed by atoms with Crippen molar-refractivity contribution in [2.24, 2.45) is 10.7 Å². The van der Waals surface area contributed by atoms with E-state index >= 15 is 0 Å². The van der Waals surface area contributed by atoms with Crippen LogP contribution in [0.1, 0.15) is 4.11 Å². The quantitative estimate of drug-likeness (QED) is 0.406. The van der Waals surface area contributed by atoms with Crippen LogP contribution in [0.3, 0.4) is 0 Å². The Morgan fingerprint density at radius 2 is 2.88 bits per heavy atom. The molecule has 1 amide bonds. The molecule has 0 unspecified atom stereocenters. The molecule has 8 heavy (non-hydrogen) atoms. The number of amides is 1. The third-order valence-electron chi connectivity index (χ3n) is 0.809. The maximum absolute atomic E-state index is 10.6. The van der Waals surface area contributed by atoms with Gasteiger partial charge >= 0.3 is 0 Å². The zero-order chi connectivity index (χ0) is 8.65. The van der Waals surface area contributed by atoms with Gasteiger partial charge in [-0.15, -0.1) is 0 Å². The summed E-state index contributed by atoms with van der Waals surface area (Å²) in [5, 5.41) is 0. The lowest BCUT2D eigenvalue weighted by molar-refractivity contribution is -0.116. The van der Waals surface area contributed by atoms with Gasteiger partial charge in [0.15, 0.2) is 5.96 Å². The fourth-order valence-corrected chi connectivity index (χ4v) is 0.440. The highest BCUT2D eigenvalue weighted by Gasteiger charge is 2.15. The summed E-state index contributed by atoms with van der Waals surface area (Å²) in [6.07, 6.45) is 0. The van der Waals surface area contributed by atoms with Crippen molar-refractivity contribution in [3.05, 3.63) is 0 Å². The van der Waals surface area contributed by atoms with Crippen LogP contribution in [-0.4, -0.2) is 30.3 Å². The van der Waals surface area contributed by atoms with Crippen LogP contribution in [0.25, 0.3) is 0 Å². The second-order valence-corrected chi connectivity index (χ2v) is 1.45. The molecule has 0 bridgehead atoms. The Kier molecular flexibility index (Phi) is 0.455. The highest BCUT2D eigenvalue weighted by molar-refractivity contribution is 5.99. The van der Waals surface area contributed by atoms with E-state index in [0.717, 1.165) is 4.90 Å². The lowest BCUT2D eigenvalue weighted by Crippen LogP contribution is -2.29. The third kappa shape index (κ3) is 0.641. The number of aliphatic imine (C=N–C) groups is 1. The number of hydrogen-bond donors (Lipinski definition) is 1. The molecule has 0 saturated heterocycles. The van der Waals surface area contributed by atoms with Crippen LogP contribution in [0.2, 0.25) is 0 Å². The first-order valence-electron chi connectivity index (χ1n) is 3.56. The van der Waals surface area contributed by atoms with E-state index in [1.54, 1.807) is 0 Å². The van der Waals surface area contributed by atoms with E-state index in [1.165, 1.54) is 0 Å². The molecule has 4 nitrogen and oxygen atoms in total. The SMILES string of the molecule is [2H][13C]([2H])([2H])N1[13CH2][13C](=O)N=C1N. The summed E-state index contributed by atoms with van der Waals surface area (Å²) < 4.78 is 20.7. The predicted molar refractivity (Wildman–Crippen MR) is 29.3 cm³/mol. The number of nitrogens with zero attached hydrogens (tertiary/aromatic N) is 2. The second-order valence-electron chi connectivity index (χ2n) is 1.45. The van der Waals surface area contributed by atoms with Gasteiger partial charge < -0.3 is 10.6 Å². The van der Waals surface area contributed by atoms with Crippen LogP contribution >= 0.6 is 0 Å². The maximum atomic E-state index is 10.6. The molecule has 4 heteroatoms. The van der Waals surface area contributed by atoms with Crippen molar-refractivity contribution in [1.82, 2.24) is 4.90 Å². The molecule has 44 valence electrons. The van der Waals surface area contributed by atoms with E-state index in [2.05, 4.69) is 4.99 Å². The minimum absolute atomic E-state index is 0.227. The van der Waals surface area contributed by atoms with Crippen molar-refractivity contribution in [2.45, 2.75) is 0 Å². The first kappa shape index (κ1) is 2.48. The van der Waals surface area contributed by atoms with Crippen molar-refractivity contribution in [3.63, 3.8) is 0 Å². The molecule has 1 rings (SSSR count). The molecule has 1 aliphatic heterocycles. The Labute approximate surface area is 51.2 Å². The summed E-state index contributed by atoms with van der Waals surface area (Å²) in [5.41, 5.74) is 5.15. The van der Waals surface area contributed by atoms with Gasteiger partial charge in [0.05, 0.1) is 0 Å². The lowest BCUT2D eigenvalue weighted by Gasteiger charge is -2.05. The summed E-state index contributed by atoms with van der Waals surface area (Å²) >= 11 is 0. The molecular weight excluding hydrogens is 109 g/mol. The highest BCUT2D eigenvalue weighted by Crippen LogP contribution is 1.92. The number of rotatable bonds is 0. The van der Waals surface area contributed by atoms with E-state index in [9.17, 15) is 4.79 Å². The number of carbonyl (C=O) groups excluding carboxylic acids is 1. The van der Waals surface area contributed by atoms with Crippen LogP contribution < -0.4 is 5.73 Å². The monoisotopic (exact) mass is 119 g/mol. The molecule has 0 aliphatic carbocycles. The molecule has 0 saturated carbocycles. The predicted octanol–water partition coefficient (Wildman–Crippen LogP) is -1.23. The standard InChI is InChI=1S/C4H7N3O/c1-7-2-3(8)6-4(7)5/h2H2,1H3,(H2,5,6,8)/i1+1D3,2+1,3+1. The van der Waals surface area contributed by atoms with Gasteiger partial charge in [0.25, 0.3) is 5.91 Å². The molecule has 0 aromatic rings. The second kappa shape index (κ2) is 1.47. The molecule has 2 N–H and O–H groups in total. The Morgan fingerprint density at radius 3 is 3.12 bits per heavy atom. The molecular formula is C4H7N3O. The normalized spacial score (nSPS) is 26.5. The van der Waals surface area contributed by atoms with Crippen molar-refractivity contribution in [1.29, 1.82) is 0 Å². The van der Waals surface area contributed by atoms with Crippen molar-refractivity contribution in [3.8, 4) is 0 Å². The van der Waals surface area contributed by atoms with Crippen LogP contribution in [0, 0.1) is 0 Å². The van der Waals surface area contributed by atoms with Crippen LogP contribution in [-0.2, 0) is 4.79 Å². The molecule has 0 aromatic heterocycles. The molecule has 0 fully saturated rings. The van der Waals surface area contributed by atoms with Crippen molar-refractivity contribution >= 4 is 11.9 Å². The summed E-state index contributed by atoms with van der Waals surface area (Å²) in [7, 11) is 0. The zero-order valence-electron chi connectivity index (χ0n) is 7.09. The van der Waals surface area contributed by atoms with E-state index in [-0.39, 0.29) is 12.5 Å². The average Bonchev–Trinajstić information content (AvgIpc) is 2.08. The Balaban J connectivity index is 2.80. The van der Waals surface area contributed by atoms with Crippen LogP contribution in [0.4, 0.5) is 0 Å². The van der Waals surface area contributed by atoms with Gasteiger partial charge in [-0.05, 0) is 0 Å². The van der Waals surface area contributed by atoms with E-state index in [4.69, 9.17) is 9.85 Å². The number of hydrogen-bond acceptors (Lipinski definition) is 3. The van der Waals surface area contributed by atoms with E-state index < -0.39 is 12.9 Å². The van der Waals surface area contributed by atoms with Gasteiger partial charge in [-0.1, -0.05) is 0 Å². The fourth-order valence-electron chi connectivity index (χ4n) is 0.440. The average molecular weight is 119 g/mol. The van der Waals surface area contributed by atoms with Crippen LogP contribution in [0.5, 0.6) is 0 Å². The first-order valence-corrected chi connectivity index (χ1v) is 2.06. The van der Waals surface area contributed by atoms with E-state index in [1.807, 2.05) is 0 Å². The summed E-state index contributed by atoms with van der Waals surface area (Å²) in [6.45, 7) is -2.61. The summed E-state index contributed by atoms with van der Waals surface area (Å²) in [5.74, 6) is -0.742. The molecule has 0 atom stereocenters.